The summed E-state index contributed by atoms with van der Waals surface area (Å²) < 4.78 is 6.66. The van der Waals surface area contributed by atoms with Crippen molar-refractivity contribution in [1.29, 1.82) is 0 Å². The maximum Gasteiger partial charge on any atom is 0.406 e. The molecule has 2 N–H and O–H groups in total. The Morgan fingerprint density at radius 2 is 2.17 bits per heavy atom. The molecule has 0 spiro atoms. The molecule has 1 aliphatic carbocycles. The van der Waals surface area contributed by atoms with Crippen molar-refractivity contribution in [2.75, 3.05) is 13.7 Å². The number of alkyl carbamates (subject to hydrolysis) is 1. The van der Waals surface area contributed by atoms with E-state index in [2.05, 4.69) is 53.8 Å². The Balaban J connectivity index is 2.00. The zero-order chi connectivity index (χ0) is 17.0. The monoisotopic (exact) mass is 322 g/mol. The van der Waals surface area contributed by atoms with Gasteiger partial charge in [0.1, 0.15) is 0 Å². The van der Waals surface area contributed by atoms with Crippen LogP contribution in [0.5, 0.6) is 0 Å². The molecule has 1 heterocycles. The molecule has 1 amide bonds. The molecule has 0 bridgehead atoms. The third-order valence-corrected chi connectivity index (χ3v) is 4.08. The fourth-order valence-electron chi connectivity index (χ4n) is 2.60. The molecule has 0 saturated heterocycles. The molecule has 6 heteroatoms. The van der Waals surface area contributed by atoms with Crippen molar-refractivity contribution in [3.63, 3.8) is 0 Å². The van der Waals surface area contributed by atoms with Crippen LogP contribution in [0.2, 0.25) is 0 Å². The summed E-state index contributed by atoms with van der Waals surface area (Å²) in [6.07, 6.45) is 2.99. The van der Waals surface area contributed by atoms with Gasteiger partial charge in [0.2, 0.25) is 0 Å². The highest BCUT2D eigenvalue weighted by molar-refractivity contribution is 5.66. The SMILES string of the molecule is COC(=O)NCCCn1nc([C@@H](C)NC2CC2)cc1C(C)(C)C. The number of amides is 1. The summed E-state index contributed by atoms with van der Waals surface area (Å²) in [5, 5.41) is 11.1. The van der Waals surface area contributed by atoms with Gasteiger partial charge in [0.15, 0.2) is 0 Å². The molecule has 1 aromatic rings. The maximum absolute atomic E-state index is 11.1. The molecule has 1 fully saturated rings. The first-order chi connectivity index (χ1) is 10.8. The van der Waals surface area contributed by atoms with Crippen molar-refractivity contribution in [3.8, 4) is 0 Å². The number of nitrogens with one attached hydrogen (secondary N) is 2. The van der Waals surface area contributed by atoms with Crippen LogP contribution in [0.4, 0.5) is 4.79 Å². The van der Waals surface area contributed by atoms with E-state index in [0.717, 1.165) is 18.7 Å². The number of aromatic nitrogens is 2. The Labute approximate surface area is 139 Å². The van der Waals surface area contributed by atoms with Gasteiger partial charge >= 0.3 is 6.09 Å². The van der Waals surface area contributed by atoms with Gasteiger partial charge in [-0.3, -0.25) is 4.68 Å². The van der Waals surface area contributed by atoms with Crippen molar-refractivity contribution in [1.82, 2.24) is 20.4 Å². The number of ether oxygens (including phenoxy) is 1. The predicted octanol–water partition coefficient (Wildman–Crippen LogP) is 2.74. The van der Waals surface area contributed by atoms with Gasteiger partial charge in [0.05, 0.1) is 12.8 Å². The number of carbonyl (C=O) groups is 1. The summed E-state index contributed by atoms with van der Waals surface area (Å²) in [6.45, 7) is 10.2. The standard InChI is InChI=1S/C17H30N4O2/c1-12(19-13-7-8-13)14-11-15(17(2,3)4)21(20-14)10-6-9-18-16(22)23-5/h11-13,19H,6-10H2,1-5H3,(H,18,22)/t12-/m1/s1. The minimum Gasteiger partial charge on any atom is -0.453 e. The maximum atomic E-state index is 11.1. The van der Waals surface area contributed by atoms with Gasteiger partial charge < -0.3 is 15.4 Å². The zero-order valence-electron chi connectivity index (χ0n) is 15.0. The predicted molar refractivity (Wildman–Crippen MR) is 90.5 cm³/mol. The van der Waals surface area contributed by atoms with Gasteiger partial charge in [-0.1, -0.05) is 20.8 Å². The molecule has 0 aliphatic heterocycles. The van der Waals surface area contributed by atoms with E-state index in [1.807, 2.05) is 0 Å². The van der Waals surface area contributed by atoms with Crippen molar-refractivity contribution in [2.24, 2.45) is 0 Å². The van der Waals surface area contributed by atoms with Gasteiger partial charge in [0, 0.05) is 36.3 Å². The van der Waals surface area contributed by atoms with E-state index in [9.17, 15) is 4.79 Å². The lowest BCUT2D eigenvalue weighted by atomic mass is 9.91. The highest BCUT2D eigenvalue weighted by Gasteiger charge is 2.26. The minimum atomic E-state index is -0.385. The van der Waals surface area contributed by atoms with Crippen molar-refractivity contribution < 1.29 is 9.53 Å². The molecule has 6 nitrogen and oxygen atoms in total. The molecule has 0 unspecified atom stereocenters. The van der Waals surface area contributed by atoms with Gasteiger partial charge in [-0.2, -0.15) is 5.10 Å². The number of methoxy groups -OCH3 is 1. The summed E-state index contributed by atoms with van der Waals surface area (Å²) in [7, 11) is 1.38. The average molecular weight is 322 g/mol. The van der Waals surface area contributed by atoms with E-state index in [0.29, 0.717) is 12.6 Å². The van der Waals surface area contributed by atoms with E-state index in [1.54, 1.807) is 0 Å². The summed E-state index contributed by atoms with van der Waals surface area (Å²) in [5.41, 5.74) is 2.37. The van der Waals surface area contributed by atoms with Crippen LogP contribution in [-0.2, 0) is 16.7 Å². The third-order valence-electron chi connectivity index (χ3n) is 4.08. The first-order valence-corrected chi connectivity index (χ1v) is 8.47. The van der Waals surface area contributed by atoms with E-state index in [4.69, 9.17) is 5.10 Å². The minimum absolute atomic E-state index is 0.0420. The molecule has 130 valence electrons. The number of rotatable bonds is 7. The molecule has 1 aliphatic rings. The molecular weight excluding hydrogens is 292 g/mol. The van der Waals surface area contributed by atoms with Crippen LogP contribution in [0.1, 0.15) is 64.4 Å². The van der Waals surface area contributed by atoms with Gasteiger partial charge in [-0.25, -0.2) is 4.79 Å². The van der Waals surface area contributed by atoms with Crippen molar-refractivity contribution >= 4 is 6.09 Å². The smallest absolute Gasteiger partial charge is 0.406 e. The van der Waals surface area contributed by atoms with Crippen LogP contribution in [-0.4, -0.2) is 35.6 Å². The lowest BCUT2D eigenvalue weighted by Crippen LogP contribution is -2.26. The van der Waals surface area contributed by atoms with E-state index < -0.39 is 0 Å². The van der Waals surface area contributed by atoms with Crippen molar-refractivity contribution in [2.45, 2.75) is 71.0 Å². The van der Waals surface area contributed by atoms with E-state index in [-0.39, 0.29) is 17.6 Å². The van der Waals surface area contributed by atoms with Gasteiger partial charge in [-0.05, 0) is 32.3 Å². The Morgan fingerprint density at radius 1 is 1.48 bits per heavy atom. The number of hydrogen-bond donors (Lipinski definition) is 2. The molecule has 23 heavy (non-hydrogen) atoms. The highest BCUT2D eigenvalue weighted by Crippen LogP contribution is 2.28. The van der Waals surface area contributed by atoms with Crippen LogP contribution < -0.4 is 10.6 Å². The fourth-order valence-corrected chi connectivity index (χ4v) is 2.60. The largest absolute Gasteiger partial charge is 0.453 e. The lowest BCUT2D eigenvalue weighted by Gasteiger charge is -2.20. The molecule has 1 saturated carbocycles. The zero-order valence-corrected chi connectivity index (χ0v) is 15.0. The first-order valence-electron chi connectivity index (χ1n) is 8.47. The van der Waals surface area contributed by atoms with E-state index in [1.165, 1.54) is 25.6 Å². The number of nitrogens with zero attached hydrogens (tertiary/aromatic N) is 2. The molecule has 0 radical (unpaired) electrons. The molecule has 1 atom stereocenters. The quantitative estimate of drug-likeness (QED) is 0.758. The Morgan fingerprint density at radius 3 is 2.74 bits per heavy atom. The number of carbonyl (C=O) groups excluding carboxylic acids is 1. The molecular formula is C17H30N4O2. The van der Waals surface area contributed by atoms with Crippen LogP contribution in [0.25, 0.3) is 0 Å². The third kappa shape index (κ3) is 5.23. The highest BCUT2D eigenvalue weighted by atomic mass is 16.5. The molecule has 1 aromatic heterocycles. The van der Waals surface area contributed by atoms with Crippen LogP contribution in [0, 0.1) is 0 Å². The van der Waals surface area contributed by atoms with Crippen LogP contribution in [0.3, 0.4) is 0 Å². The summed E-state index contributed by atoms with van der Waals surface area (Å²) in [5.74, 6) is 0. The Bertz CT molecular complexity index is 529. The van der Waals surface area contributed by atoms with Gasteiger partial charge in [-0.15, -0.1) is 0 Å². The Kier molecular flexibility index (Phi) is 5.68. The van der Waals surface area contributed by atoms with E-state index >= 15 is 0 Å². The second-order valence-electron chi connectivity index (χ2n) is 7.36. The topological polar surface area (TPSA) is 68.2 Å². The number of aryl methyl sites for hydroxylation is 1. The van der Waals surface area contributed by atoms with Crippen LogP contribution in [0.15, 0.2) is 6.07 Å². The summed E-state index contributed by atoms with van der Waals surface area (Å²) in [6, 6.07) is 3.16. The fraction of sp³-hybridized carbons (Fsp3) is 0.765. The molecule has 0 aromatic carbocycles. The lowest BCUT2D eigenvalue weighted by molar-refractivity contribution is 0.170. The van der Waals surface area contributed by atoms with Crippen molar-refractivity contribution in [3.05, 3.63) is 17.5 Å². The Hall–Kier alpha value is -1.56. The normalized spacial score (nSPS) is 16.2. The second kappa shape index (κ2) is 7.34. The number of hydrogen-bond acceptors (Lipinski definition) is 4. The summed E-state index contributed by atoms with van der Waals surface area (Å²) in [4.78, 5) is 11.1. The van der Waals surface area contributed by atoms with Crippen LogP contribution >= 0.6 is 0 Å². The molecule has 2 rings (SSSR count). The second-order valence-corrected chi connectivity index (χ2v) is 7.36. The summed E-state index contributed by atoms with van der Waals surface area (Å²) >= 11 is 0. The van der Waals surface area contributed by atoms with Gasteiger partial charge in [0.25, 0.3) is 0 Å². The first kappa shape index (κ1) is 17.8. The average Bonchev–Trinajstić information content (AvgIpc) is 3.17.